The highest BCUT2D eigenvalue weighted by molar-refractivity contribution is 5.63. The summed E-state index contributed by atoms with van der Waals surface area (Å²) in [5.41, 5.74) is 3.11. The van der Waals surface area contributed by atoms with Gasteiger partial charge in [-0.3, -0.25) is 9.69 Å². The first kappa shape index (κ1) is 18.0. The van der Waals surface area contributed by atoms with E-state index in [1.54, 1.807) is 7.11 Å². The van der Waals surface area contributed by atoms with Crippen molar-refractivity contribution in [1.29, 1.82) is 0 Å². The Hall–Kier alpha value is -2.11. The van der Waals surface area contributed by atoms with E-state index >= 15 is 0 Å². The van der Waals surface area contributed by atoms with Crippen molar-refractivity contribution in [2.24, 2.45) is 5.92 Å². The molecule has 2 saturated heterocycles. The van der Waals surface area contributed by atoms with Crippen LogP contribution in [0.5, 0.6) is 5.75 Å². The Morgan fingerprint density at radius 2 is 1.79 bits per heavy atom. The molecule has 0 amide bonds. The van der Waals surface area contributed by atoms with Gasteiger partial charge in [-0.1, -0.05) is 12.1 Å². The van der Waals surface area contributed by atoms with Crippen molar-refractivity contribution in [3.05, 3.63) is 52.4 Å². The molecule has 3 aliphatic heterocycles. The van der Waals surface area contributed by atoms with Crippen LogP contribution >= 0.6 is 0 Å². The van der Waals surface area contributed by atoms with Gasteiger partial charge in [0.1, 0.15) is 5.75 Å². The van der Waals surface area contributed by atoms with E-state index in [0.29, 0.717) is 17.9 Å². The molecule has 1 aromatic carbocycles. The van der Waals surface area contributed by atoms with Gasteiger partial charge in [-0.15, -0.1) is 0 Å². The highest BCUT2D eigenvalue weighted by Gasteiger charge is 2.37. The van der Waals surface area contributed by atoms with Gasteiger partial charge < -0.3 is 14.0 Å². The number of aromatic nitrogens is 1. The van der Waals surface area contributed by atoms with Crippen LogP contribution in [0.4, 0.5) is 0 Å². The lowest BCUT2D eigenvalue weighted by Gasteiger charge is -2.46. The lowest BCUT2D eigenvalue weighted by molar-refractivity contribution is 0.00589. The number of rotatable bonds is 3. The molecule has 0 spiro atoms. The molecule has 2 atom stereocenters. The minimum Gasteiger partial charge on any atom is -0.497 e. The van der Waals surface area contributed by atoms with Crippen molar-refractivity contribution in [1.82, 2.24) is 9.47 Å². The Bertz CT molecular complexity index is 899. The molecule has 2 bridgehead atoms. The predicted octanol–water partition coefficient (Wildman–Crippen LogP) is 3.12. The van der Waals surface area contributed by atoms with E-state index in [-0.39, 0.29) is 5.56 Å². The van der Waals surface area contributed by atoms with Crippen molar-refractivity contribution < 1.29 is 9.47 Å². The molecular weight excluding hydrogens is 352 g/mol. The minimum atomic E-state index is 0.150. The van der Waals surface area contributed by atoms with E-state index in [4.69, 9.17) is 9.47 Å². The first-order valence-electron chi connectivity index (χ1n) is 10.4. The average Bonchev–Trinajstić information content (AvgIpc) is 2.75. The first-order chi connectivity index (χ1) is 13.7. The monoisotopic (exact) mass is 380 g/mol. The third-order valence-corrected chi connectivity index (χ3v) is 6.74. The molecular formula is C23H28N2O3. The van der Waals surface area contributed by atoms with Crippen molar-refractivity contribution in [2.45, 2.75) is 37.8 Å². The summed E-state index contributed by atoms with van der Waals surface area (Å²) < 4.78 is 12.8. The molecule has 2 fully saturated rings. The largest absolute Gasteiger partial charge is 0.497 e. The fourth-order valence-electron chi connectivity index (χ4n) is 5.32. The number of nitrogens with zero attached hydrogens (tertiary/aromatic N) is 2. The molecule has 148 valence electrons. The molecule has 4 heterocycles. The first-order valence-corrected chi connectivity index (χ1v) is 10.4. The Kier molecular flexibility index (Phi) is 4.73. The second-order valence-corrected chi connectivity index (χ2v) is 8.41. The summed E-state index contributed by atoms with van der Waals surface area (Å²) >= 11 is 0. The number of pyridine rings is 1. The highest BCUT2D eigenvalue weighted by atomic mass is 16.5. The average molecular weight is 380 g/mol. The standard InChI is InChI=1S/C23H28N2O3/c1-27-20-4-2-17(3-5-20)21-6-7-22-18-12-16(14-25(22)23(21)26)13-24(15-18)19-8-10-28-11-9-19/h2-7,16,18-19H,8-15H2,1H3/t16-,18-/m1/s1. The molecule has 0 saturated carbocycles. The molecule has 0 N–H and O–H groups in total. The summed E-state index contributed by atoms with van der Waals surface area (Å²) in [4.78, 5) is 16.0. The zero-order valence-electron chi connectivity index (χ0n) is 16.5. The number of hydrogen-bond acceptors (Lipinski definition) is 4. The Morgan fingerprint density at radius 3 is 2.54 bits per heavy atom. The molecule has 0 radical (unpaired) electrons. The van der Waals surface area contributed by atoms with Gasteiger partial charge in [0.05, 0.1) is 7.11 Å². The number of piperidine rings is 1. The molecule has 28 heavy (non-hydrogen) atoms. The summed E-state index contributed by atoms with van der Waals surface area (Å²) in [5.74, 6) is 1.84. The van der Waals surface area contributed by atoms with Crippen LogP contribution < -0.4 is 10.3 Å². The second kappa shape index (κ2) is 7.37. The van der Waals surface area contributed by atoms with Gasteiger partial charge in [0.2, 0.25) is 0 Å². The summed E-state index contributed by atoms with van der Waals surface area (Å²) in [5, 5.41) is 0. The van der Waals surface area contributed by atoms with E-state index in [1.807, 2.05) is 30.3 Å². The number of fused-ring (bicyclic) bond motifs is 4. The van der Waals surface area contributed by atoms with Gasteiger partial charge in [0, 0.05) is 56.1 Å². The molecule has 3 aliphatic rings. The number of methoxy groups -OCH3 is 1. The maximum absolute atomic E-state index is 13.3. The highest BCUT2D eigenvalue weighted by Crippen LogP contribution is 2.37. The maximum Gasteiger partial charge on any atom is 0.258 e. The van der Waals surface area contributed by atoms with E-state index < -0.39 is 0 Å². The number of hydrogen-bond donors (Lipinski definition) is 0. The number of likely N-dealkylation sites (tertiary alicyclic amines) is 1. The van der Waals surface area contributed by atoms with Gasteiger partial charge >= 0.3 is 0 Å². The predicted molar refractivity (Wildman–Crippen MR) is 109 cm³/mol. The maximum atomic E-state index is 13.3. The van der Waals surface area contributed by atoms with Crippen LogP contribution in [-0.2, 0) is 11.3 Å². The van der Waals surface area contributed by atoms with E-state index in [2.05, 4.69) is 15.5 Å². The van der Waals surface area contributed by atoms with Crippen LogP contribution in [0.3, 0.4) is 0 Å². The lowest BCUT2D eigenvalue weighted by Crippen LogP contribution is -2.51. The van der Waals surface area contributed by atoms with Gasteiger partial charge in [-0.05, 0) is 55.0 Å². The molecule has 5 heteroatoms. The Balaban J connectivity index is 1.44. The van der Waals surface area contributed by atoms with E-state index in [0.717, 1.165) is 62.6 Å². The van der Waals surface area contributed by atoms with Crippen molar-refractivity contribution in [2.75, 3.05) is 33.4 Å². The SMILES string of the molecule is COc1ccc(-c2ccc3n(c2=O)C[C@@H]2C[C@@H]3CN(C3CCOCC3)C2)cc1. The van der Waals surface area contributed by atoms with Gasteiger partial charge in [0.15, 0.2) is 0 Å². The van der Waals surface area contributed by atoms with Crippen LogP contribution in [0, 0.1) is 5.92 Å². The number of benzene rings is 1. The lowest BCUT2D eigenvalue weighted by atomic mass is 9.81. The van der Waals surface area contributed by atoms with Crippen molar-refractivity contribution in [3.63, 3.8) is 0 Å². The summed E-state index contributed by atoms with van der Waals surface area (Å²) in [6.45, 7) is 4.80. The topological polar surface area (TPSA) is 43.7 Å². The van der Waals surface area contributed by atoms with Crippen LogP contribution in [0.25, 0.3) is 11.1 Å². The number of ether oxygens (including phenoxy) is 2. The molecule has 5 nitrogen and oxygen atoms in total. The molecule has 2 aromatic rings. The minimum absolute atomic E-state index is 0.150. The van der Waals surface area contributed by atoms with E-state index in [1.165, 1.54) is 12.1 Å². The van der Waals surface area contributed by atoms with Crippen LogP contribution in [0.2, 0.25) is 0 Å². The van der Waals surface area contributed by atoms with Gasteiger partial charge in [0.25, 0.3) is 5.56 Å². The molecule has 1 aromatic heterocycles. The second-order valence-electron chi connectivity index (χ2n) is 8.41. The summed E-state index contributed by atoms with van der Waals surface area (Å²) in [6.07, 6.45) is 3.49. The van der Waals surface area contributed by atoms with Crippen LogP contribution in [0.15, 0.2) is 41.2 Å². The molecule has 5 rings (SSSR count). The third-order valence-electron chi connectivity index (χ3n) is 6.74. The van der Waals surface area contributed by atoms with E-state index in [9.17, 15) is 4.79 Å². The Labute approximate surface area is 165 Å². The quantitative estimate of drug-likeness (QED) is 0.821. The smallest absolute Gasteiger partial charge is 0.258 e. The van der Waals surface area contributed by atoms with Gasteiger partial charge in [-0.25, -0.2) is 0 Å². The van der Waals surface area contributed by atoms with Crippen LogP contribution in [0.1, 0.15) is 30.9 Å². The zero-order valence-corrected chi connectivity index (χ0v) is 16.5. The fraction of sp³-hybridized carbons (Fsp3) is 0.522. The fourth-order valence-corrected chi connectivity index (χ4v) is 5.32. The Morgan fingerprint density at radius 1 is 1.00 bits per heavy atom. The van der Waals surface area contributed by atoms with Crippen LogP contribution in [-0.4, -0.2) is 48.9 Å². The van der Waals surface area contributed by atoms with Gasteiger partial charge in [-0.2, -0.15) is 0 Å². The zero-order chi connectivity index (χ0) is 19.1. The third kappa shape index (κ3) is 3.16. The summed E-state index contributed by atoms with van der Waals surface area (Å²) in [6, 6.07) is 12.6. The summed E-state index contributed by atoms with van der Waals surface area (Å²) in [7, 11) is 1.66. The molecule has 0 aliphatic carbocycles. The van der Waals surface area contributed by atoms with Crippen molar-refractivity contribution >= 4 is 0 Å². The van der Waals surface area contributed by atoms with Crippen molar-refractivity contribution in [3.8, 4) is 16.9 Å². The normalized spacial score (nSPS) is 25.3. The molecule has 0 unspecified atom stereocenters.